The van der Waals surface area contributed by atoms with Gasteiger partial charge in [0, 0.05) is 55.3 Å². The van der Waals surface area contributed by atoms with E-state index in [-0.39, 0.29) is 5.41 Å². The minimum absolute atomic E-state index is 0.0900. The first-order valence-electron chi connectivity index (χ1n) is 25.9. The van der Waals surface area contributed by atoms with Crippen LogP contribution in [0.2, 0.25) is 0 Å². The average Bonchev–Trinajstić information content (AvgIpc) is 3.92. The number of aromatic nitrogens is 1. The molecule has 12 aromatic rings. The lowest BCUT2D eigenvalue weighted by Gasteiger charge is -2.61. The molecule has 5 aliphatic rings. The van der Waals surface area contributed by atoms with Crippen LogP contribution in [-0.2, 0) is 5.41 Å². The Kier molecular flexibility index (Phi) is 8.35. The smallest absolute Gasteiger partial charge is 0.0543 e. The molecule has 1 spiro atoms. The molecule has 1 heterocycles. The highest BCUT2D eigenvalue weighted by atomic mass is 15.2. The second-order valence-electron chi connectivity index (χ2n) is 21.2. The van der Waals surface area contributed by atoms with Gasteiger partial charge in [0.05, 0.1) is 28.1 Å². The normalized spacial score (nSPS) is 20.7. The third-order valence-corrected chi connectivity index (χ3v) is 17.9. The van der Waals surface area contributed by atoms with Gasteiger partial charge in [-0.3, -0.25) is 0 Å². The van der Waals surface area contributed by atoms with E-state index < -0.39 is 0 Å². The third kappa shape index (κ3) is 5.49. The average molecular weight is 910 g/mol. The Balaban J connectivity index is 0.885. The molecular formula is C68H51N3. The van der Waals surface area contributed by atoms with Crippen molar-refractivity contribution in [1.29, 1.82) is 0 Å². The first kappa shape index (κ1) is 39.7. The molecule has 3 nitrogen and oxygen atoms in total. The van der Waals surface area contributed by atoms with E-state index in [1.807, 2.05) is 0 Å². The van der Waals surface area contributed by atoms with E-state index in [1.165, 1.54) is 114 Å². The summed E-state index contributed by atoms with van der Waals surface area (Å²) in [6.45, 7) is 0. The molecule has 71 heavy (non-hydrogen) atoms. The first-order chi connectivity index (χ1) is 35.2. The number of fused-ring (bicyclic) bond motifs is 6. The van der Waals surface area contributed by atoms with E-state index in [1.54, 1.807) is 11.1 Å². The molecule has 11 aromatic carbocycles. The van der Waals surface area contributed by atoms with E-state index in [0.717, 1.165) is 34.6 Å². The second kappa shape index (κ2) is 14.9. The van der Waals surface area contributed by atoms with Gasteiger partial charge in [-0.05, 0) is 173 Å². The molecule has 1 aromatic heterocycles. The zero-order valence-electron chi connectivity index (χ0n) is 39.5. The number of hydrogen-bond donors (Lipinski definition) is 0. The Morgan fingerprint density at radius 2 is 0.845 bits per heavy atom. The van der Waals surface area contributed by atoms with Gasteiger partial charge in [-0.25, -0.2) is 0 Å². The van der Waals surface area contributed by atoms with Crippen LogP contribution in [-0.4, -0.2) is 4.57 Å². The Morgan fingerprint density at radius 1 is 0.352 bits per heavy atom. The van der Waals surface area contributed by atoms with Crippen LogP contribution in [0.3, 0.4) is 0 Å². The summed E-state index contributed by atoms with van der Waals surface area (Å²) < 4.78 is 2.40. The van der Waals surface area contributed by atoms with Crippen molar-refractivity contribution in [3.63, 3.8) is 0 Å². The van der Waals surface area contributed by atoms with Gasteiger partial charge in [0.1, 0.15) is 0 Å². The largest absolute Gasteiger partial charge is 0.310 e. The quantitative estimate of drug-likeness (QED) is 0.148. The van der Waals surface area contributed by atoms with Crippen molar-refractivity contribution in [2.75, 3.05) is 9.80 Å². The SMILES string of the molecule is c1ccc(N(c2ccc(-n3c4ccccc4c4ccccc43)cc2)c2ccc3ccc4c(N(c5ccccc5)c5cccc6c5-c5ccccc5C65C6CC7CC(C6)CC5C7)ccc5ccc2c3c54)cc1. The molecule has 17 rings (SSSR count). The monoisotopic (exact) mass is 909 g/mol. The lowest BCUT2D eigenvalue weighted by molar-refractivity contribution is -0.0399. The van der Waals surface area contributed by atoms with Gasteiger partial charge in [0.2, 0.25) is 0 Å². The van der Waals surface area contributed by atoms with Crippen molar-refractivity contribution in [2.24, 2.45) is 23.7 Å². The lowest BCUT2D eigenvalue weighted by Crippen LogP contribution is -2.55. The van der Waals surface area contributed by atoms with E-state index in [4.69, 9.17) is 0 Å². The van der Waals surface area contributed by atoms with Crippen LogP contribution in [0.1, 0.15) is 43.2 Å². The topological polar surface area (TPSA) is 11.4 Å². The van der Waals surface area contributed by atoms with Crippen LogP contribution < -0.4 is 9.80 Å². The Hall–Kier alpha value is -8.14. The van der Waals surface area contributed by atoms with Crippen LogP contribution in [0.5, 0.6) is 0 Å². The summed E-state index contributed by atoms with van der Waals surface area (Å²) in [7, 11) is 0. The molecule has 4 saturated carbocycles. The molecule has 5 aliphatic carbocycles. The summed E-state index contributed by atoms with van der Waals surface area (Å²) in [5, 5.41) is 10.1. The lowest BCUT2D eigenvalue weighted by atomic mass is 9.43. The highest BCUT2D eigenvalue weighted by Gasteiger charge is 2.62. The van der Waals surface area contributed by atoms with Gasteiger partial charge < -0.3 is 14.4 Å². The predicted octanol–water partition coefficient (Wildman–Crippen LogP) is 18.3. The number of nitrogens with zero attached hydrogens (tertiary/aromatic N) is 3. The van der Waals surface area contributed by atoms with E-state index in [2.05, 4.69) is 239 Å². The molecule has 0 radical (unpaired) electrons. The predicted molar refractivity (Wildman–Crippen MR) is 297 cm³/mol. The van der Waals surface area contributed by atoms with Crippen molar-refractivity contribution in [1.82, 2.24) is 4.57 Å². The minimum Gasteiger partial charge on any atom is -0.310 e. The fraction of sp³-hybridized carbons (Fsp3) is 0.147. The summed E-state index contributed by atoms with van der Waals surface area (Å²) in [5.74, 6) is 3.22. The highest BCUT2D eigenvalue weighted by Crippen LogP contribution is 2.70. The molecule has 338 valence electrons. The third-order valence-electron chi connectivity index (χ3n) is 17.9. The number of hydrogen-bond acceptors (Lipinski definition) is 2. The van der Waals surface area contributed by atoms with Gasteiger partial charge in [-0.1, -0.05) is 146 Å². The summed E-state index contributed by atoms with van der Waals surface area (Å²) >= 11 is 0. The molecule has 0 saturated heterocycles. The van der Waals surface area contributed by atoms with Gasteiger partial charge in [0.15, 0.2) is 0 Å². The van der Waals surface area contributed by atoms with Crippen LogP contribution >= 0.6 is 0 Å². The Bertz CT molecular complexity index is 3990. The first-order valence-corrected chi connectivity index (χ1v) is 25.9. The van der Waals surface area contributed by atoms with Crippen molar-refractivity contribution < 1.29 is 0 Å². The van der Waals surface area contributed by atoms with Gasteiger partial charge in [-0.2, -0.15) is 0 Å². The number of anilines is 6. The second-order valence-corrected chi connectivity index (χ2v) is 21.2. The molecule has 0 unspecified atom stereocenters. The maximum absolute atomic E-state index is 2.60. The Morgan fingerprint density at radius 3 is 1.46 bits per heavy atom. The van der Waals surface area contributed by atoms with Crippen molar-refractivity contribution in [2.45, 2.75) is 37.5 Å². The van der Waals surface area contributed by atoms with Crippen LogP contribution in [0.25, 0.3) is 70.9 Å². The van der Waals surface area contributed by atoms with Crippen molar-refractivity contribution in [3.8, 4) is 16.8 Å². The number of benzene rings is 11. The number of rotatable bonds is 7. The maximum Gasteiger partial charge on any atom is 0.0543 e. The standard InChI is InChI=1S/C68H51N3/c1-3-14-49(15-4-1)69(51-30-32-52(33-31-51)70-60-23-11-8-18-53(60)54-19-9-12-24-61(54)70)62-36-28-45-27-35-57-63(37-29-46-26-34-56(62)65(45)66(46)57)71(50-16-5-2-6-17-50)64-25-13-22-59-67(64)55-20-7-10-21-58(55)68(59)47-39-43-38-44(41-47)42-48(68)40-43/h1-37,43-44,47-48H,38-42H2. The molecule has 4 fully saturated rings. The van der Waals surface area contributed by atoms with Crippen LogP contribution in [0.15, 0.2) is 224 Å². The molecule has 0 amide bonds. The Labute approximate surface area is 414 Å². The van der Waals surface area contributed by atoms with E-state index in [9.17, 15) is 0 Å². The molecule has 3 heteroatoms. The molecule has 0 N–H and O–H groups in total. The van der Waals surface area contributed by atoms with Gasteiger partial charge >= 0.3 is 0 Å². The molecule has 0 aliphatic heterocycles. The molecule has 4 bridgehead atoms. The summed E-state index contributed by atoms with van der Waals surface area (Å²) in [6, 6.07) is 84.5. The fourth-order valence-corrected chi connectivity index (χ4v) is 15.5. The molecular weight excluding hydrogens is 859 g/mol. The summed E-state index contributed by atoms with van der Waals surface area (Å²) in [5.41, 5.74) is 16.8. The fourth-order valence-electron chi connectivity index (χ4n) is 15.5. The molecule has 0 atom stereocenters. The van der Waals surface area contributed by atoms with Crippen LogP contribution in [0, 0.1) is 23.7 Å². The van der Waals surface area contributed by atoms with Crippen molar-refractivity contribution >= 4 is 88.2 Å². The highest BCUT2D eigenvalue weighted by molar-refractivity contribution is 6.28. The van der Waals surface area contributed by atoms with Gasteiger partial charge in [-0.15, -0.1) is 0 Å². The van der Waals surface area contributed by atoms with Gasteiger partial charge in [0.25, 0.3) is 0 Å². The maximum atomic E-state index is 2.60. The van der Waals surface area contributed by atoms with Crippen molar-refractivity contribution in [3.05, 3.63) is 236 Å². The van der Waals surface area contributed by atoms with E-state index >= 15 is 0 Å². The summed E-state index contributed by atoms with van der Waals surface area (Å²) in [6.07, 6.45) is 6.96. The summed E-state index contributed by atoms with van der Waals surface area (Å²) in [4.78, 5) is 5.05. The van der Waals surface area contributed by atoms with Crippen LogP contribution in [0.4, 0.5) is 34.1 Å². The zero-order chi connectivity index (χ0) is 46.4. The minimum atomic E-state index is 0.0900. The number of para-hydroxylation sites is 4. The zero-order valence-corrected chi connectivity index (χ0v) is 39.5. The van der Waals surface area contributed by atoms with E-state index in [0.29, 0.717) is 11.8 Å².